The van der Waals surface area contributed by atoms with E-state index in [4.69, 9.17) is 10.6 Å². The molecule has 0 amide bonds. The number of hydrogen-bond donors (Lipinski definition) is 2. The van der Waals surface area contributed by atoms with Crippen LogP contribution in [0.5, 0.6) is 5.75 Å². The van der Waals surface area contributed by atoms with Crippen molar-refractivity contribution >= 4 is 0 Å². The minimum atomic E-state index is 0.256. The number of ether oxygens (including phenoxy) is 1. The van der Waals surface area contributed by atoms with Crippen LogP contribution in [-0.2, 0) is 5.41 Å². The van der Waals surface area contributed by atoms with Crippen LogP contribution in [0, 0.1) is 6.92 Å². The molecule has 2 bridgehead atoms. The SMILES string of the molecule is COc1ccc(C23CC(NN)(C2)C3)c(C)c1. The van der Waals surface area contributed by atoms with Crippen LogP contribution in [0.25, 0.3) is 0 Å². The molecule has 3 aliphatic rings. The van der Waals surface area contributed by atoms with E-state index in [1.807, 2.05) is 0 Å². The van der Waals surface area contributed by atoms with Crippen LogP contribution in [0.3, 0.4) is 0 Å². The Labute approximate surface area is 95.9 Å². The average Bonchev–Trinajstić information content (AvgIpc) is 2.17. The molecule has 0 atom stereocenters. The second-order valence-corrected chi connectivity index (χ2v) is 5.42. The highest BCUT2D eigenvalue weighted by molar-refractivity contribution is 5.47. The summed E-state index contributed by atoms with van der Waals surface area (Å²) < 4.78 is 5.24. The van der Waals surface area contributed by atoms with Crippen molar-refractivity contribution in [2.45, 2.75) is 37.1 Å². The summed E-state index contributed by atoms with van der Waals surface area (Å²) in [7, 11) is 1.71. The zero-order chi connectivity index (χ0) is 11.4. The highest BCUT2D eigenvalue weighted by Gasteiger charge is 2.68. The summed E-state index contributed by atoms with van der Waals surface area (Å²) in [6, 6.07) is 6.40. The van der Waals surface area contributed by atoms with Crippen LogP contribution in [0.4, 0.5) is 0 Å². The lowest BCUT2D eigenvalue weighted by molar-refractivity contribution is -0.0886. The molecule has 1 aromatic rings. The van der Waals surface area contributed by atoms with Gasteiger partial charge in [0.25, 0.3) is 0 Å². The van der Waals surface area contributed by atoms with E-state index in [0.29, 0.717) is 5.41 Å². The fraction of sp³-hybridized carbons (Fsp3) is 0.538. The van der Waals surface area contributed by atoms with Gasteiger partial charge in [0.05, 0.1) is 7.11 Å². The molecule has 3 heteroatoms. The van der Waals surface area contributed by atoms with Gasteiger partial charge in [-0.15, -0.1) is 0 Å². The summed E-state index contributed by atoms with van der Waals surface area (Å²) in [6.07, 6.45) is 3.55. The Kier molecular flexibility index (Phi) is 1.89. The summed E-state index contributed by atoms with van der Waals surface area (Å²) in [6.45, 7) is 2.17. The number of benzene rings is 1. The molecule has 3 saturated carbocycles. The summed E-state index contributed by atoms with van der Waals surface area (Å²) in [5.74, 6) is 6.50. The first-order chi connectivity index (χ1) is 7.63. The number of nitrogens with one attached hydrogen (secondary N) is 1. The minimum absolute atomic E-state index is 0.256. The molecule has 0 spiro atoms. The number of nitrogens with two attached hydrogens (primary N) is 1. The lowest BCUT2D eigenvalue weighted by Gasteiger charge is -2.71. The zero-order valence-electron chi connectivity index (χ0n) is 9.84. The van der Waals surface area contributed by atoms with Crippen molar-refractivity contribution in [3.63, 3.8) is 0 Å². The molecule has 3 fully saturated rings. The van der Waals surface area contributed by atoms with Gasteiger partial charge in [0, 0.05) is 11.0 Å². The Morgan fingerprint density at radius 2 is 2.00 bits per heavy atom. The van der Waals surface area contributed by atoms with Crippen molar-refractivity contribution in [3.8, 4) is 5.75 Å². The van der Waals surface area contributed by atoms with Crippen molar-refractivity contribution < 1.29 is 4.74 Å². The summed E-state index contributed by atoms with van der Waals surface area (Å²) in [5, 5.41) is 0. The molecule has 0 saturated heterocycles. The third-order valence-corrected chi connectivity index (χ3v) is 4.34. The Balaban J connectivity index is 1.87. The molecule has 3 nitrogen and oxygen atoms in total. The van der Waals surface area contributed by atoms with E-state index in [1.54, 1.807) is 7.11 Å². The molecule has 4 rings (SSSR count). The highest BCUT2D eigenvalue weighted by atomic mass is 16.5. The standard InChI is InChI=1S/C13H18N2O/c1-9-5-10(16-2)3-4-11(9)12-6-13(7-12,8-12)15-14/h3-5,15H,6-8,14H2,1-2H3. The topological polar surface area (TPSA) is 47.3 Å². The molecular weight excluding hydrogens is 200 g/mol. The minimum Gasteiger partial charge on any atom is -0.497 e. The van der Waals surface area contributed by atoms with Gasteiger partial charge in [-0.2, -0.15) is 0 Å². The quantitative estimate of drug-likeness (QED) is 0.599. The fourth-order valence-electron chi connectivity index (χ4n) is 3.58. The van der Waals surface area contributed by atoms with Gasteiger partial charge >= 0.3 is 0 Å². The maximum atomic E-state index is 5.56. The lowest BCUT2D eigenvalue weighted by Crippen LogP contribution is -2.77. The maximum absolute atomic E-state index is 5.56. The van der Waals surface area contributed by atoms with Gasteiger partial charge in [-0.1, -0.05) is 6.07 Å². The summed E-state index contributed by atoms with van der Waals surface area (Å²) >= 11 is 0. The van der Waals surface area contributed by atoms with Crippen molar-refractivity contribution in [1.82, 2.24) is 5.43 Å². The van der Waals surface area contributed by atoms with Crippen LogP contribution in [0.2, 0.25) is 0 Å². The average molecular weight is 218 g/mol. The molecular formula is C13H18N2O. The number of hydrazine groups is 1. The fourth-order valence-corrected chi connectivity index (χ4v) is 3.58. The predicted molar refractivity (Wildman–Crippen MR) is 63.3 cm³/mol. The Morgan fingerprint density at radius 1 is 1.31 bits per heavy atom. The summed E-state index contributed by atoms with van der Waals surface area (Å²) in [4.78, 5) is 0. The van der Waals surface area contributed by atoms with Crippen LogP contribution in [0.15, 0.2) is 18.2 Å². The van der Waals surface area contributed by atoms with Gasteiger partial charge in [0.2, 0.25) is 0 Å². The zero-order valence-corrected chi connectivity index (χ0v) is 9.84. The van der Waals surface area contributed by atoms with Crippen molar-refractivity contribution in [2.24, 2.45) is 5.84 Å². The highest BCUT2D eigenvalue weighted by Crippen LogP contribution is 2.67. The molecule has 3 aliphatic carbocycles. The number of methoxy groups -OCH3 is 1. The van der Waals surface area contributed by atoms with E-state index in [0.717, 1.165) is 5.75 Å². The van der Waals surface area contributed by atoms with Gasteiger partial charge in [0.15, 0.2) is 0 Å². The number of hydrogen-bond acceptors (Lipinski definition) is 3. The van der Waals surface area contributed by atoms with E-state index >= 15 is 0 Å². The first kappa shape index (κ1) is 10.1. The first-order valence-corrected chi connectivity index (χ1v) is 5.76. The number of aryl methyl sites for hydroxylation is 1. The molecule has 86 valence electrons. The van der Waals surface area contributed by atoms with Crippen LogP contribution in [-0.4, -0.2) is 12.6 Å². The largest absolute Gasteiger partial charge is 0.497 e. The molecule has 0 aromatic heterocycles. The smallest absolute Gasteiger partial charge is 0.119 e. The third kappa shape index (κ3) is 1.10. The van der Waals surface area contributed by atoms with E-state index in [9.17, 15) is 0 Å². The van der Waals surface area contributed by atoms with E-state index in [2.05, 4.69) is 30.5 Å². The Hall–Kier alpha value is -1.06. The van der Waals surface area contributed by atoms with Crippen LogP contribution in [0.1, 0.15) is 30.4 Å². The van der Waals surface area contributed by atoms with Crippen molar-refractivity contribution in [1.29, 1.82) is 0 Å². The van der Waals surface area contributed by atoms with E-state index in [-0.39, 0.29) is 5.54 Å². The second-order valence-electron chi connectivity index (χ2n) is 5.42. The Bertz CT molecular complexity index is 422. The van der Waals surface area contributed by atoms with E-state index < -0.39 is 0 Å². The molecule has 3 N–H and O–H groups in total. The van der Waals surface area contributed by atoms with Crippen LogP contribution < -0.4 is 16.0 Å². The molecule has 0 heterocycles. The van der Waals surface area contributed by atoms with Crippen molar-refractivity contribution in [2.75, 3.05) is 7.11 Å². The third-order valence-electron chi connectivity index (χ3n) is 4.34. The molecule has 16 heavy (non-hydrogen) atoms. The Morgan fingerprint density at radius 3 is 2.50 bits per heavy atom. The predicted octanol–water partition coefficient (Wildman–Crippen LogP) is 1.64. The van der Waals surface area contributed by atoms with Crippen molar-refractivity contribution in [3.05, 3.63) is 29.3 Å². The van der Waals surface area contributed by atoms with Gasteiger partial charge in [-0.25, -0.2) is 0 Å². The van der Waals surface area contributed by atoms with Crippen LogP contribution >= 0.6 is 0 Å². The number of rotatable bonds is 3. The lowest BCUT2D eigenvalue weighted by atomic mass is 9.37. The van der Waals surface area contributed by atoms with Gasteiger partial charge in [-0.3, -0.25) is 11.3 Å². The summed E-state index contributed by atoms with van der Waals surface area (Å²) in [5.41, 5.74) is 6.43. The molecule has 0 radical (unpaired) electrons. The maximum Gasteiger partial charge on any atom is 0.119 e. The van der Waals surface area contributed by atoms with E-state index in [1.165, 1.54) is 30.4 Å². The monoisotopic (exact) mass is 218 g/mol. The molecule has 0 unspecified atom stereocenters. The second kappa shape index (κ2) is 2.99. The van der Waals surface area contributed by atoms with Gasteiger partial charge in [0.1, 0.15) is 5.75 Å². The molecule has 1 aromatic carbocycles. The first-order valence-electron chi connectivity index (χ1n) is 5.76. The molecule has 0 aliphatic heterocycles. The normalized spacial score (nSPS) is 35.2. The van der Waals surface area contributed by atoms with Gasteiger partial charge in [-0.05, 0) is 49.4 Å². The van der Waals surface area contributed by atoms with Gasteiger partial charge < -0.3 is 4.74 Å².